The van der Waals surface area contributed by atoms with Crippen LogP contribution in [0.3, 0.4) is 0 Å². The molecule has 1 aromatic heterocycles. The van der Waals surface area contributed by atoms with Crippen LogP contribution < -0.4 is 14.4 Å². The average molecular weight is 459 g/mol. The van der Waals surface area contributed by atoms with Crippen LogP contribution in [0.15, 0.2) is 47.8 Å². The molecule has 0 saturated carbocycles. The number of esters is 1. The van der Waals surface area contributed by atoms with Crippen LogP contribution in [0.1, 0.15) is 18.2 Å². The Kier molecular flexibility index (Phi) is 6.39. The first-order valence-electron chi connectivity index (χ1n) is 9.55. The van der Waals surface area contributed by atoms with E-state index >= 15 is 0 Å². The summed E-state index contributed by atoms with van der Waals surface area (Å²) in [5, 5.41) is 2.68. The maximum atomic E-state index is 12.3. The van der Waals surface area contributed by atoms with Crippen LogP contribution in [0.4, 0.5) is 10.8 Å². The van der Waals surface area contributed by atoms with E-state index in [0.717, 1.165) is 5.69 Å². The van der Waals surface area contributed by atoms with Crippen molar-refractivity contribution in [1.82, 2.24) is 4.98 Å². The van der Waals surface area contributed by atoms with Crippen LogP contribution in [-0.4, -0.2) is 30.1 Å². The van der Waals surface area contributed by atoms with Crippen molar-refractivity contribution in [2.45, 2.75) is 20.0 Å². The fourth-order valence-corrected chi connectivity index (χ4v) is 4.27. The Morgan fingerprint density at radius 1 is 1.19 bits per heavy atom. The van der Waals surface area contributed by atoms with Crippen molar-refractivity contribution in [3.8, 4) is 11.5 Å². The lowest BCUT2D eigenvalue weighted by molar-refractivity contribution is -0.144. The first kappa shape index (κ1) is 21.1. The molecule has 2 heterocycles. The Labute approximate surface area is 188 Å². The van der Waals surface area contributed by atoms with Crippen molar-refractivity contribution in [2.24, 2.45) is 0 Å². The number of carbonyl (C=O) groups is 2. The number of hydrogen-bond acceptors (Lipinski definition) is 7. The minimum absolute atomic E-state index is 0.00809. The number of nitrogens with zero attached hydrogens (tertiary/aromatic N) is 2. The van der Waals surface area contributed by atoms with Gasteiger partial charge in [0.25, 0.3) is 0 Å². The molecule has 9 heteroatoms. The molecule has 0 aliphatic carbocycles. The summed E-state index contributed by atoms with van der Waals surface area (Å²) in [6, 6.07) is 12.7. The number of ether oxygens (including phenoxy) is 3. The highest BCUT2D eigenvalue weighted by molar-refractivity contribution is 7.14. The lowest BCUT2D eigenvalue weighted by Crippen LogP contribution is -2.22. The highest BCUT2D eigenvalue weighted by atomic mass is 35.5. The Hall–Kier alpha value is -3.10. The van der Waals surface area contributed by atoms with E-state index in [0.29, 0.717) is 46.1 Å². The molecular weight excluding hydrogens is 440 g/mol. The largest absolute Gasteiger partial charge is 0.486 e. The first-order valence-corrected chi connectivity index (χ1v) is 10.8. The molecule has 2 aromatic carbocycles. The molecule has 1 aliphatic heterocycles. The molecule has 0 bridgehead atoms. The number of halogens is 1. The van der Waals surface area contributed by atoms with Crippen molar-refractivity contribution in [3.05, 3.63) is 64.1 Å². The van der Waals surface area contributed by atoms with Crippen LogP contribution >= 0.6 is 22.9 Å². The van der Waals surface area contributed by atoms with E-state index in [4.69, 9.17) is 25.8 Å². The Balaban J connectivity index is 1.39. The van der Waals surface area contributed by atoms with Gasteiger partial charge in [0.1, 0.15) is 19.8 Å². The predicted molar refractivity (Wildman–Crippen MR) is 117 cm³/mol. The quantitative estimate of drug-likeness (QED) is 0.505. The number of thiazole rings is 1. The summed E-state index contributed by atoms with van der Waals surface area (Å²) in [5.41, 5.74) is 1.96. The van der Waals surface area contributed by atoms with Gasteiger partial charge in [0, 0.05) is 12.3 Å². The number of para-hydroxylation sites is 1. The van der Waals surface area contributed by atoms with E-state index in [9.17, 15) is 9.59 Å². The summed E-state index contributed by atoms with van der Waals surface area (Å²) in [7, 11) is 0. The number of fused-ring (bicyclic) bond motifs is 1. The lowest BCUT2D eigenvalue weighted by atomic mass is 10.1. The van der Waals surface area contributed by atoms with Gasteiger partial charge in [-0.2, -0.15) is 0 Å². The van der Waals surface area contributed by atoms with Crippen molar-refractivity contribution >= 4 is 45.6 Å². The molecular formula is C22H19ClN2O5S. The van der Waals surface area contributed by atoms with Crippen molar-refractivity contribution in [3.63, 3.8) is 0 Å². The third kappa shape index (κ3) is 4.98. The summed E-state index contributed by atoms with van der Waals surface area (Å²) < 4.78 is 16.4. The maximum absolute atomic E-state index is 12.3. The second-order valence-corrected chi connectivity index (χ2v) is 7.99. The van der Waals surface area contributed by atoms with E-state index in [1.54, 1.807) is 17.5 Å². The monoisotopic (exact) mass is 458 g/mol. The summed E-state index contributed by atoms with van der Waals surface area (Å²) in [6.45, 7) is 2.36. The Morgan fingerprint density at radius 3 is 2.74 bits per heavy atom. The fourth-order valence-electron chi connectivity index (χ4n) is 3.11. The molecule has 4 rings (SSSR count). The van der Waals surface area contributed by atoms with Crippen molar-refractivity contribution in [1.29, 1.82) is 0 Å². The van der Waals surface area contributed by atoms with E-state index in [1.165, 1.54) is 23.2 Å². The number of hydrogen-bond donors (Lipinski definition) is 0. The predicted octanol–water partition coefficient (Wildman–Crippen LogP) is 4.54. The van der Waals surface area contributed by atoms with Gasteiger partial charge in [-0.3, -0.25) is 14.5 Å². The Bertz CT molecular complexity index is 1100. The number of rotatable bonds is 6. The van der Waals surface area contributed by atoms with Crippen molar-refractivity contribution in [2.75, 3.05) is 18.1 Å². The van der Waals surface area contributed by atoms with Crippen LogP contribution in [-0.2, 0) is 27.4 Å². The van der Waals surface area contributed by atoms with Gasteiger partial charge < -0.3 is 14.2 Å². The van der Waals surface area contributed by atoms with Crippen LogP contribution in [0.2, 0.25) is 5.02 Å². The second kappa shape index (κ2) is 9.36. The number of carbonyl (C=O) groups excluding carboxylic acids is 2. The molecule has 0 atom stereocenters. The first-order chi connectivity index (χ1) is 15.0. The van der Waals surface area contributed by atoms with Gasteiger partial charge >= 0.3 is 5.97 Å². The molecule has 0 spiro atoms. The number of amides is 1. The molecule has 1 amide bonds. The van der Waals surface area contributed by atoms with E-state index in [2.05, 4.69) is 4.98 Å². The SMILES string of the molecule is CC(=O)N(c1ccccc1)c1nc(COC(=O)Cc2cc(Cl)c3c(c2)OCCO3)cs1. The van der Waals surface area contributed by atoms with Gasteiger partial charge in [-0.05, 0) is 29.8 Å². The van der Waals surface area contributed by atoms with E-state index < -0.39 is 5.97 Å². The topological polar surface area (TPSA) is 78.0 Å². The van der Waals surface area contributed by atoms with Gasteiger partial charge in [-0.15, -0.1) is 11.3 Å². The van der Waals surface area contributed by atoms with Gasteiger partial charge in [0.15, 0.2) is 16.6 Å². The number of benzene rings is 2. The summed E-state index contributed by atoms with van der Waals surface area (Å²) in [5.74, 6) is 0.442. The molecule has 0 unspecified atom stereocenters. The van der Waals surface area contributed by atoms with Crippen LogP contribution in [0, 0.1) is 0 Å². The molecule has 0 radical (unpaired) electrons. The Morgan fingerprint density at radius 2 is 1.97 bits per heavy atom. The fraction of sp³-hybridized carbons (Fsp3) is 0.227. The van der Waals surface area contributed by atoms with Gasteiger partial charge in [0.2, 0.25) is 5.91 Å². The highest BCUT2D eigenvalue weighted by Gasteiger charge is 2.20. The molecule has 3 aromatic rings. The average Bonchev–Trinajstić information content (AvgIpc) is 3.21. The highest BCUT2D eigenvalue weighted by Crippen LogP contribution is 2.38. The zero-order valence-corrected chi connectivity index (χ0v) is 18.2. The number of aromatic nitrogens is 1. The maximum Gasteiger partial charge on any atom is 0.310 e. The van der Waals surface area contributed by atoms with Crippen LogP contribution in [0.25, 0.3) is 0 Å². The summed E-state index contributed by atoms with van der Waals surface area (Å²) in [4.78, 5) is 30.4. The molecule has 1 aliphatic rings. The minimum Gasteiger partial charge on any atom is -0.486 e. The summed E-state index contributed by atoms with van der Waals surface area (Å²) in [6.07, 6.45) is 0.0386. The molecule has 7 nitrogen and oxygen atoms in total. The zero-order chi connectivity index (χ0) is 21.8. The molecule has 0 saturated heterocycles. The second-order valence-electron chi connectivity index (χ2n) is 6.75. The normalized spacial score (nSPS) is 12.3. The van der Waals surface area contributed by atoms with Gasteiger partial charge in [-0.25, -0.2) is 4.98 Å². The van der Waals surface area contributed by atoms with Gasteiger partial charge in [0.05, 0.1) is 22.8 Å². The zero-order valence-electron chi connectivity index (χ0n) is 16.7. The smallest absolute Gasteiger partial charge is 0.310 e. The number of anilines is 2. The standard InChI is InChI=1S/C22H19ClN2O5S/c1-14(26)25(17-5-3-2-4-6-17)22-24-16(13-31-22)12-30-20(27)11-15-9-18(23)21-19(10-15)28-7-8-29-21/h2-6,9-10,13H,7-8,11-12H2,1H3. The molecule has 0 N–H and O–H groups in total. The third-order valence-electron chi connectivity index (χ3n) is 4.45. The van der Waals surface area contributed by atoms with Crippen molar-refractivity contribution < 1.29 is 23.8 Å². The minimum atomic E-state index is -0.422. The molecule has 160 valence electrons. The van der Waals surface area contributed by atoms with E-state index in [-0.39, 0.29) is 18.9 Å². The third-order valence-corrected chi connectivity index (χ3v) is 5.60. The van der Waals surface area contributed by atoms with Crippen LogP contribution in [0.5, 0.6) is 11.5 Å². The molecule has 0 fully saturated rings. The van der Waals surface area contributed by atoms with E-state index in [1.807, 2.05) is 30.3 Å². The summed E-state index contributed by atoms with van der Waals surface area (Å²) >= 11 is 7.52. The molecule has 31 heavy (non-hydrogen) atoms. The van der Waals surface area contributed by atoms with Gasteiger partial charge in [-0.1, -0.05) is 29.8 Å². The lowest BCUT2D eigenvalue weighted by Gasteiger charge is -2.20.